The first-order valence-corrected chi connectivity index (χ1v) is 8.63. The molecule has 2 amide bonds. The molecular weight excluding hydrogens is 328 g/mol. The minimum Gasteiger partial charge on any atom is -0.354 e. The Labute approximate surface area is 146 Å². The van der Waals surface area contributed by atoms with Gasteiger partial charge in [0.1, 0.15) is 23.2 Å². The summed E-state index contributed by atoms with van der Waals surface area (Å²) in [7, 11) is 0. The molecule has 7 heteroatoms. The molecule has 1 aromatic carbocycles. The first-order chi connectivity index (χ1) is 11.9. The number of hydrogen-bond donors (Lipinski definition) is 3. The first-order valence-electron chi connectivity index (χ1n) is 8.63. The van der Waals surface area contributed by atoms with E-state index in [0.29, 0.717) is 12.5 Å². The maximum absolute atomic E-state index is 13.7. The summed E-state index contributed by atoms with van der Waals surface area (Å²) in [4.78, 5) is 24.6. The van der Waals surface area contributed by atoms with Crippen molar-refractivity contribution in [1.82, 2.24) is 16.0 Å². The maximum atomic E-state index is 13.7. The quantitative estimate of drug-likeness (QED) is 0.700. The predicted molar refractivity (Wildman–Crippen MR) is 91.1 cm³/mol. The summed E-state index contributed by atoms with van der Waals surface area (Å²) in [5, 5.41) is 8.52. The highest BCUT2D eigenvalue weighted by Crippen LogP contribution is 2.14. The molecular formula is C18H25F2N3O2. The Morgan fingerprint density at radius 1 is 1.28 bits per heavy atom. The molecule has 138 valence electrons. The molecule has 1 heterocycles. The summed E-state index contributed by atoms with van der Waals surface area (Å²) >= 11 is 0. The predicted octanol–water partition coefficient (Wildman–Crippen LogP) is 1.83. The molecule has 1 aliphatic heterocycles. The van der Waals surface area contributed by atoms with Crippen molar-refractivity contribution in [3.63, 3.8) is 0 Å². The second kappa shape index (κ2) is 8.89. The normalized spacial score (nSPS) is 18.2. The van der Waals surface area contributed by atoms with Crippen molar-refractivity contribution in [2.45, 2.75) is 32.7 Å². The minimum absolute atomic E-state index is 0.216. The second-order valence-corrected chi connectivity index (χ2v) is 6.73. The molecule has 2 atom stereocenters. The number of nitrogens with one attached hydrogen (secondary N) is 3. The van der Waals surface area contributed by atoms with Crippen molar-refractivity contribution >= 4 is 11.8 Å². The van der Waals surface area contributed by atoms with Gasteiger partial charge >= 0.3 is 0 Å². The number of amides is 2. The third-order valence-electron chi connectivity index (χ3n) is 4.44. The zero-order valence-corrected chi connectivity index (χ0v) is 14.6. The third kappa shape index (κ3) is 5.22. The van der Waals surface area contributed by atoms with Crippen LogP contribution in [0.3, 0.4) is 0 Å². The van der Waals surface area contributed by atoms with Gasteiger partial charge in [-0.3, -0.25) is 9.59 Å². The lowest BCUT2D eigenvalue weighted by Gasteiger charge is -2.22. The van der Waals surface area contributed by atoms with E-state index in [0.717, 1.165) is 38.1 Å². The van der Waals surface area contributed by atoms with E-state index < -0.39 is 29.1 Å². The monoisotopic (exact) mass is 353 g/mol. The molecule has 3 N–H and O–H groups in total. The van der Waals surface area contributed by atoms with E-state index >= 15 is 0 Å². The number of carbonyl (C=O) groups excluding carboxylic acids is 2. The molecule has 0 bridgehead atoms. The smallest absolute Gasteiger partial charge is 0.257 e. The Bertz CT molecular complexity index is 596. The Morgan fingerprint density at radius 3 is 2.52 bits per heavy atom. The average Bonchev–Trinajstić information content (AvgIpc) is 3.05. The molecule has 2 unspecified atom stereocenters. The van der Waals surface area contributed by atoms with Gasteiger partial charge in [-0.1, -0.05) is 19.9 Å². The fourth-order valence-corrected chi connectivity index (χ4v) is 2.93. The van der Waals surface area contributed by atoms with Crippen molar-refractivity contribution in [2.75, 3.05) is 19.6 Å². The summed E-state index contributed by atoms with van der Waals surface area (Å²) in [5.41, 5.74) is -0.669. The van der Waals surface area contributed by atoms with Gasteiger partial charge in [0.15, 0.2) is 0 Å². The fourth-order valence-electron chi connectivity index (χ4n) is 2.93. The van der Waals surface area contributed by atoms with Crippen LogP contribution in [0.15, 0.2) is 18.2 Å². The van der Waals surface area contributed by atoms with Crippen LogP contribution in [-0.2, 0) is 4.79 Å². The van der Waals surface area contributed by atoms with Crippen LogP contribution in [0.2, 0.25) is 0 Å². The van der Waals surface area contributed by atoms with Gasteiger partial charge in [0.2, 0.25) is 5.91 Å². The number of carbonyl (C=O) groups is 2. The van der Waals surface area contributed by atoms with Crippen molar-refractivity contribution in [3.05, 3.63) is 35.4 Å². The van der Waals surface area contributed by atoms with Gasteiger partial charge in [0.25, 0.3) is 5.91 Å². The van der Waals surface area contributed by atoms with Crippen LogP contribution in [0.5, 0.6) is 0 Å². The van der Waals surface area contributed by atoms with Gasteiger partial charge in [-0.25, -0.2) is 8.78 Å². The van der Waals surface area contributed by atoms with Gasteiger partial charge in [-0.05, 0) is 49.9 Å². The molecule has 2 rings (SSSR count). The van der Waals surface area contributed by atoms with Gasteiger partial charge in [-0.2, -0.15) is 0 Å². The minimum atomic E-state index is -0.950. The highest BCUT2D eigenvalue weighted by atomic mass is 19.1. The lowest BCUT2D eigenvalue weighted by molar-refractivity contribution is -0.124. The van der Waals surface area contributed by atoms with E-state index in [1.807, 2.05) is 0 Å². The first kappa shape index (κ1) is 19.3. The largest absolute Gasteiger partial charge is 0.354 e. The number of benzene rings is 1. The van der Waals surface area contributed by atoms with E-state index in [1.165, 1.54) is 6.07 Å². The molecule has 0 spiro atoms. The molecule has 1 fully saturated rings. The van der Waals surface area contributed by atoms with E-state index in [1.54, 1.807) is 13.8 Å². The number of halogens is 2. The second-order valence-electron chi connectivity index (χ2n) is 6.73. The lowest BCUT2D eigenvalue weighted by Crippen LogP contribution is -2.50. The zero-order valence-electron chi connectivity index (χ0n) is 14.6. The van der Waals surface area contributed by atoms with Crippen molar-refractivity contribution < 1.29 is 18.4 Å². The molecule has 0 saturated carbocycles. The van der Waals surface area contributed by atoms with Gasteiger partial charge in [0.05, 0.1) is 0 Å². The van der Waals surface area contributed by atoms with Crippen LogP contribution in [0.1, 0.15) is 37.0 Å². The Balaban J connectivity index is 1.94. The Hall–Kier alpha value is -2.02. The van der Waals surface area contributed by atoms with Gasteiger partial charge in [0, 0.05) is 6.54 Å². The topological polar surface area (TPSA) is 70.2 Å². The summed E-state index contributed by atoms with van der Waals surface area (Å²) in [5.74, 6) is -2.84. The van der Waals surface area contributed by atoms with Crippen LogP contribution >= 0.6 is 0 Å². The number of hydrogen-bond acceptors (Lipinski definition) is 3. The molecule has 0 aromatic heterocycles. The third-order valence-corrected chi connectivity index (χ3v) is 4.44. The lowest BCUT2D eigenvalue weighted by atomic mass is 10.0. The van der Waals surface area contributed by atoms with E-state index in [2.05, 4.69) is 16.0 Å². The summed E-state index contributed by atoms with van der Waals surface area (Å²) in [6.45, 7) is 5.99. The van der Waals surface area contributed by atoms with Crippen molar-refractivity contribution in [3.8, 4) is 0 Å². The Kier molecular flexibility index (Phi) is 6.87. The van der Waals surface area contributed by atoms with Crippen LogP contribution < -0.4 is 16.0 Å². The van der Waals surface area contributed by atoms with Crippen LogP contribution in [-0.4, -0.2) is 37.5 Å². The van der Waals surface area contributed by atoms with E-state index in [9.17, 15) is 18.4 Å². The van der Waals surface area contributed by atoms with Crippen LogP contribution in [0.4, 0.5) is 8.78 Å². The highest BCUT2D eigenvalue weighted by Gasteiger charge is 2.27. The molecule has 1 aliphatic rings. The summed E-state index contributed by atoms with van der Waals surface area (Å²) < 4.78 is 27.4. The average molecular weight is 353 g/mol. The maximum Gasteiger partial charge on any atom is 0.257 e. The van der Waals surface area contributed by atoms with Crippen LogP contribution in [0.25, 0.3) is 0 Å². The fraction of sp³-hybridized carbons (Fsp3) is 0.556. The Morgan fingerprint density at radius 2 is 1.96 bits per heavy atom. The van der Waals surface area contributed by atoms with Crippen molar-refractivity contribution in [2.24, 2.45) is 11.8 Å². The van der Waals surface area contributed by atoms with Gasteiger partial charge in [-0.15, -0.1) is 0 Å². The molecule has 5 nitrogen and oxygen atoms in total. The molecule has 1 saturated heterocycles. The van der Waals surface area contributed by atoms with E-state index in [-0.39, 0.29) is 11.8 Å². The zero-order chi connectivity index (χ0) is 18.4. The van der Waals surface area contributed by atoms with Crippen LogP contribution in [0, 0.1) is 23.5 Å². The summed E-state index contributed by atoms with van der Waals surface area (Å²) in [6, 6.07) is 2.36. The molecule has 0 aliphatic carbocycles. The van der Waals surface area contributed by atoms with E-state index in [4.69, 9.17) is 0 Å². The van der Waals surface area contributed by atoms with Crippen molar-refractivity contribution in [1.29, 1.82) is 0 Å². The molecule has 0 radical (unpaired) electrons. The number of rotatable bonds is 7. The molecule has 25 heavy (non-hydrogen) atoms. The summed E-state index contributed by atoms with van der Waals surface area (Å²) in [6.07, 6.45) is 1.95. The standard InChI is InChI=1S/C18H25F2N3O2/c1-11(2)16(18(25)22-9-7-12-6-8-21-10-12)23-17(24)15-13(19)4-3-5-14(15)20/h3-5,11-12,16,21H,6-10H2,1-2H3,(H,22,25)(H,23,24). The SMILES string of the molecule is CC(C)C(NC(=O)c1c(F)cccc1F)C(=O)NCCC1CCNC1. The molecule has 1 aromatic rings. The highest BCUT2D eigenvalue weighted by molar-refractivity contribution is 5.98. The van der Waals surface area contributed by atoms with Gasteiger partial charge < -0.3 is 16.0 Å².